The van der Waals surface area contributed by atoms with Crippen molar-refractivity contribution < 1.29 is 4.79 Å². The standard InChI is InChI=1S/C22H16ClN5OS/c23-16-9-7-15(8-10-16)19(29)11-14-30-22-26-20(17-5-1-3-12-24-17)21(27-28-22)18-6-2-4-13-25-18/h1-10,12-13H,11,14H2. The zero-order chi connectivity index (χ0) is 20.8. The first-order valence-corrected chi connectivity index (χ1v) is 10.6. The van der Waals surface area contributed by atoms with Crippen molar-refractivity contribution in [3.05, 3.63) is 83.6 Å². The van der Waals surface area contributed by atoms with E-state index < -0.39 is 0 Å². The van der Waals surface area contributed by atoms with Crippen LogP contribution in [0.25, 0.3) is 22.8 Å². The van der Waals surface area contributed by atoms with Gasteiger partial charge in [-0.2, -0.15) is 0 Å². The van der Waals surface area contributed by atoms with E-state index in [1.807, 2.05) is 36.4 Å². The molecule has 3 heterocycles. The first-order valence-electron chi connectivity index (χ1n) is 9.20. The monoisotopic (exact) mass is 433 g/mol. The van der Waals surface area contributed by atoms with Crippen LogP contribution in [0.4, 0.5) is 0 Å². The van der Waals surface area contributed by atoms with Crippen LogP contribution in [0, 0.1) is 0 Å². The third-order valence-corrected chi connectivity index (χ3v) is 5.30. The Morgan fingerprint density at radius 3 is 2.13 bits per heavy atom. The normalized spacial score (nSPS) is 10.7. The molecule has 0 aliphatic rings. The molecule has 0 aliphatic carbocycles. The Hall–Kier alpha value is -3.16. The minimum absolute atomic E-state index is 0.0437. The summed E-state index contributed by atoms with van der Waals surface area (Å²) in [7, 11) is 0. The second kappa shape index (κ2) is 9.56. The topological polar surface area (TPSA) is 81.5 Å². The fourth-order valence-electron chi connectivity index (χ4n) is 2.74. The number of Topliss-reactive ketones (excluding diaryl/α,β-unsaturated/α-hetero) is 1. The molecule has 0 spiro atoms. The van der Waals surface area contributed by atoms with Crippen LogP contribution < -0.4 is 0 Å². The maximum absolute atomic E-state index is 12.3. The van der Waals surface area contributed by atoms with Crippen LogP contribution in [0.2, 0.25) is 5.02 Å². The maximum Gasteiger partial charge on any atom is 0.209 e. The van der Waals surface area contributed by atoms with Gasteiger partial charge in [-0.1, -0.05) is 35.5 Å². The van der Waals surface area contributed by atoms with Crippen molar-refractivity contribution in [3.63, 3.8) is 0 Å². The van der Waals surface area contributed by atoms with Gasteiger partial charge in [0.2, 0.25) is 5.16 Å². The van der Waals surface area contributed by atoms with E-state index in [9.17, 15) is 4.79 Å². The van der Waals surface area contributed by atoms with Crippen LogP contribution >= 0.6 is 23.4 Å². The molecule has 30 heavy (non-hydrogen) atoms. The molecule has 4 rings (SSSR count). The van der Waals surface area contributed by atoms with E-state index >= 15 is 0 Å². The van der Waals surface area contributed by atoms with E-state index in [1.54, 1.807) is 36.7 Å². The highest BCUT2D eigenvalue weighted by atomic mass is 35.5. The SMILES string of the molecule is O=C(CCSc1nnc(-c2ccccn2)c(-c2ccccn2)n1)c1ccc(Cl)cc1. The fraction of sp³-hybridized carbons (Fsp3) is 0.0909. The first kappa shape index (κ1) is 20.1. The van der Waals surface area contributed by atoms with Gasteiger partial charge in [0.1, 0.15) is 11.4 Å². The molecule has 0 saturated carbocycles. The molecule has 0 saturated heterocycles. The highest BCUT2D eigenvalue weighted by molar-refractivity contribution is 7.99. The van der Waals surface area contributed by atoms with Crippen molar-refractivity contribution in [2.24, 2.45) is 0 Å². The van der Waals surface area contributed by atoms with Crippen LogP contribution in [-0.2, 0) is 0 Å². The molecule has 0 atom stereocenters. The van der Waals surface area contributed by atoms with Gasteiger partial charge in [-0.05, 0) is 48.5 Å². The zero-order valence-corrected chi connectivity index (χ0v) is 17.3. The summed E-state index contributed by atoms with van der Waals surface area (Å²) < 4.78 is 0. The minimum atomic E-state index is 0.0437. The van der Waals surface area contributed by atoms with E-state index in [1.165, 1.54) is 11.8 Å². The molecule has 0 radical (unpaired) electrons. The van der Waals surface area contributed by atoms with Gasteiger partial charge in [-0.25, -0.2) is 4.98 Å². The Balaban J connectivity index is 1.53. The largest absolute Gasteiger partial charge is 0.294 e. The molecule has 148 valence electrons. The summed E-state index contributed by atoms with van der Waals surface area (Å²) in [5.74, 6) is 0.579. The number of pyridine rings is 2. The van der Waals surface area contributed by atoms with Gasteiger partial charge < -0.3 is 0 Å². The van der Waals surface area contributed by atoms with E-state index in [-0.39, 0.29) is 5.78 Å². The summed E-state index contributed by atoms with van der Waals surface area (Å²) >= 11 is 7.25. The van der Waals surface area contributed by atoms with Crippen LogP contribution in [-0.4, -0.2) is 36.7 Å². The molecule has 4 aromatic rings. The summed E-state index contributed by atoms with van der Waals surface area (Å²) in [5.41, 5.74) is 3.17. The minimum Gasteiger partial charge on any atom is -0.294 e. The molecule has 0 amide bonds. The fourth-order valence-corrected chi connectivity index (χ4v) is 3.59. The molecule has 3 aromatic heterocycles. The second-order valence-corrected chi connectivity index (χ2v) is 7.75. The molecule has 0 unspecified atom stereocenters. The van der Waals surface area contributed by atoms with Gasteiger partial charge in [0.05, 0.1) is 11.4 Å². The maximum atomic E-state index is 12.3. The lowest BCUT2D eigenvalue weighted by Crippen LogP contribution is -2.03. The zero-order valence-electron chi connectivity index (χ0n) is 15.8. The Morgan fingerprint density at radius 2 is 1.50 bits per heavy atom. The quantitative estimate of drug-likeness (QED) is 0.299. The number of nitrogens with zero attached hydrogens (tertiary/aromatic N) is 5. The van der Waals surface area contributed by atoms with Crippen LogP contribution in [0.3, 0.4) is 0 Å². The predicted molar refractivity (Wildman–Crippen MR) is 117 cm³/mol. The van der Waals surface area contributed by atoms with Gasteiger partial charge in [0.25, 0.3) is 0 Å². The van der Waals surface area contributed by atoms with Crippen LogP contribution in [0.5, 0.6) is 0 Å². The number of hydrogen-bond donors (Lipinski definition) is 0. The van der Waals surface area contributed by atoms with Gasteiger partial charge >= 0.3 is 0 Å². The summed E-state index contributed by atoms with van der Waals surface area (Å²) in [4.78, 5) is 25.8. The lowest BCUT2D eigenvalue weighted by Gasteiger charge is -2.08. The molecule has 1 aromatic carbocycles. The third-order valence-electron chi connectivity index (χ3n) is 4.21. The Kier molecular flexibility index (Phi) is 6.41. The lowest BCUT2D eigenvalue weighted by atomic mass is 10.1. The number of aromatic nitrogens is 5. The number of benzene rings is 1. The van der Waals surface area contributed by atoms with E-state index in [4.69, 9.17) is 11.6 Å². The number of hydrogen-bond acceptors (Lipinski definition) is 7. The van der Waals surface area contributed by atoms with Crippen molar-refractivity contribution in [2.75, 3.05) is 5.75 Å². The number of thioether (sulfide) groups is 1. The molecular formula is C22H16ClN5OS. The first-order chi connectivity index (χ1) is 14.7. The molecule has 0 aliphatic heterocycles. The molecular weight excluding hydrogens is 418 g/mol. The second-order valence-electron chi connectivity index (χ2n) is 6.25. The highest BCUT2D eigenvalue weighted by Gasteiger charge is 2.16. The summed E-state index contributed by atoms with van der Waals surface area (Å²) in [6, 6.07) is 18.1. The molecule has 6 nitrogen and oxygen atoms in total. The molecule has 0 fully saturated rings. The van der Waals surface area contributed by atoms with Crippen molar-refractivity contribution in [3.8, 4) is 22.8 Å². The summed E-state index contributed by atoms with van der Waals surface area (Å²) in [6.45, 7) is 0. The van der Waals surface area contributed by atoms with E-state index in [0.717, 1.165) is 0 Å². The average molecular weight is 434 g/mol. The number of halogens is 1. The Morgan fingerprint density at radius 1 is 0.833 bits per heavy atom. The van der Waals surface area contributed by atoms with E-state index in [2.05, 4.69) is 25.1 Å². The number of rotatable bonds is 7. The lowest BCUT2D eigenvalue weighted by molar-refractivity contribution is 0.0989. The van der Waals surface area contributed by atoms with Crippen LogP contribution in [0.1, 0.15) is 16.8 Å². The average Bonchev–Trinajstić information content (AvgIpc) is 2.80. The summed E-state index contributed by atoms with van der Waals surface area (Å²) in [6.07, 6.45) is 3.76. The Bertz CT molecular complexity index is 1140. The van der Waals surface area contributed by atoms with Crippen molar-refractivity contribution in [1.82, 2.24) is 25.1 Å². The highest BCUT2D eigenvalue weighted by Crippen LogP contribution is 2.27. The van der Waals surface area contributed by atoms with E-state index in [0.29, 0.717) is 50.7 Å². The van der Waals surface area contributed by atoms with Crippen LogP contribution in [0.15, 0.2) is 78.2 Å². The summed E-state index contributed by atoms with van der Waals surface area (Å²) in [5, 5.41) is 9.68. The van der Waals surface area contributed by atoms with Gasteiger partial charge in [-0.3, -0.25) is 14.8 Å². The number of carbonyl (C=O) groups excluding carboxylic acids is 1. The third kappa shape index (κ3) is 4.87. The number of ketones is 1. The van der Waals surface area contributed by atoms with Crippen molar-refractivity contribution >= 4 is 29.1 Å². The Labute approximate surface area is 182 Å². The smallest absolute Gasteiger partial charge is 0.209 e. The molecule has 0 N–H and O–H groups in total. The molecule has 0 bridgehead atoms. The number of carbonyl (C=O) groups is 1. The van der Waals surface area contributed by atoms with Gasteiger partial charge in [0, 0.05) is 35.2 Å². The molecule has 8 heteroatoms. The van der Waals surface area contributed by atoms with Gasteiger partial charge in [-0.15, -0.1) is 10.2 Å². The van der Waals surface area contributed by atoms with Gasteiger partial charge in [0.15, 0.2) is 5.78 Å². The van der Waals surface area contributed by atoms with Crippen molar-refractivity contribution in [2.45, 2.75) is 11.6 Å². The van der Waals surface area contributed by atoms with Crippen molar-refractivity contribution in [1.29, 1.82) is 0 Å². The predicted octanol–water partition coefficient (Wildman–Crippen LogP) is 5.01.